The summed E-state index contributed by atoms with van der Waals surface area (Å²) in [5, 5.41) is 12.6. The van der Waals surface area contributed by atoms with Gasteiger partial charge < -0.3 is 34.0 Å². The van der Waals surface area contributed by atoms with Crippen LogP contribution in [0.15, 0.2) is 46.1 Å². The number of phosphoric acid groups is 1. The summed E-state index contributed by atoms with van der Waals surface area (Å²) in [5.74, 6) is 4.93. The molecule has 12 nitrogen and oxygen atoms in total. The van der Waals surface area contributed by atoms with Gasteiger partial charge in [0.1, 0.15) is 17.9 Å². The Morgan fingerprint density at radius 3 is 2.76 bits per heavy atom. The summed E-state index contributed by atoms with van der Waals surface area (Å²) in [5.41, 5.74) is -0.842. The van der Waals surface area contributed by atoms with Gasteiger partial charge in [0.05, 0.1) is 33.5 Å². The minimum absolute atomic E-state index is 0.0350. The number of rotatable bonds is 7. The Morgan fingerprint density at radius 1 is 1.33 bits per heavy atom. The Morgan fingerprint density at radius 2 is 2.06 bits per heavy atom. The number of amides is 1. The van der Waals surface area contributed by atoms with Crippen molar-refractivity contribution in [3.8, 4) is 11.8 Å². The zero-order valence-electron chi connectivity index (χ0n) is 17.1. The van der Waals surface area contributed by atoms with Crippen LogP contribution in [-0.4, -0.2) is 45.9 Å². The first-order valence-corrected chi connectivity index (χ1v) is 11.2. The van der Waals surface area contributed by atoms with E-state index in [9.17, 15) is 33.8 Å². The first-order valence-electron chi connectivity index (χ1n) is 9.77. The lowest BCUT2D eigenvalue weighted by atomic mass is 10.1. The van der Waals surface area contributed by atoms with Gasteiger partial charge in [-0.05, 0) is 5.56 Å². The van der Waals surface area contributed by atoms with Crippen molar-refractivity contribution in [3.05, 3.63) is 68.5 Å². The predicted molar refractivity (Wildman–Crippen MR) is 109 cm³/mol. The average Bonchev–Trinajstić information content (AvgIpc) is 3.11. The number of aromatic nitrogens is 2. The Hall–Kier alpha value is -3.04. The summed E-state index contributed by atoms with van der Waals surface area (Å²) in [6, 6.07) is 9.10. The number of hydrogen-bond donors (Lipinski definition) is 3. The summed E-state index contributed by atoms with van der Waals surface area (Å²) in [7, 11) is -5.26. The topological polar surface area (TPSA) is 186 Å². The molecule has 2 heterocycles. The van der Waals surface area contributed by atoms with Gasteiger partial charge >= 0.3 is 5.69 Å². The largest absolute Gasteiger partial charge is 0.790 e. The van der Waals surface area contributed by atoms with E-state index < -0.39 is 44.1 Å². The molecule has 3 rings (SSSR count). The van der Waals surface area contributed by atoms with Crippen molar-refractivity contribution in [2.75, 3.05) is 13.2 Å². The Kier molecular flexibility index (Phi) is 7.99. The van der Waals surface area contributed by atoms with Crippen LogP contribution in [-0.2, 0) is 25.0 Å². The van der Waals surface area contributed by atoms with E-state index in [1.807, 2.05) is 30.3 Å². The van der Waals surface area contributed by atoms with Crippen LogP contribution in [0.2, 0.25) is 0 Å². The Labute approximate surface area is 187 Å². The molecule has 1 aromatic heterocycles. The highest BCUT2D eigenvalue weighted by atomic mass is 31.2. The van der Waals surface area contributed by atoms with Crippen molar-refractivity contribution in [2.45, 2.75) is 31.3 Å². The van der Waals surface area contributed by atoms with Crippen LogP contribution in [0.4, 0.5) is 0 Å². The third-order valence-corrected chi connectivity index (χ3v) is 5.15. The minimum Gasteiger partial charge on any atom is -0.790 e. The van der Waals surface area contributed by atoms with Crippen LogP contribution in [0.1, 0.15) is 23.8 Å². The molecule has 2 aromatic rings. The number of phosphoric ester groups is 1. The molecule has 0 bridgehead atoms. The standard InChI is InChI=1S/C20H22N3O9P/c24-15-10-18(32-16(15)12-31-33(28,29)30)23-11-14(19(26)22-20(23)27)7-4-8-21-17(25)9-13-5-2-1-3-6-13/h1-3,5-6,11,15-16,18,24H,8-10,12H2,(H,21,25)(H,22,26,27)(H2,28,29,30)/p-2/t15-,16+,18+/m0/s1. The number of ether oxygens (including phenoxy) is 1. The van der Waals surface area contributed by atoms with E-state index in [-0.39, 0.29) is 30.9 Å². The summed E-state index contributed by atoms with van der Waals surface area (Å²) < 4.78 is 21.1. The van der Waals surface area contributed by atoms with Gasteiger partial charge in [-0.1, -0.05) is 42.2 Å². The van der Waals surface area contributed by atoms with E-state index in [1.54, 1.807) is 0 Å². The highest BCUT2D eigenvalue weighted by molar-refractivity contribution is 7.43. The monoisotopic (exact) mass is 477 g/mol. The van der Waals surface area contributed by atoms with Crippen LogP contribution in [0.3, 0.4) is 0 Å². The second-order valence-corrected chi connectivity index (χ2v) is 8.28. The molecular weight excluding hydrogens is 457 g/mol. The quantitative estimate of drug-likeness (QED) is 0.292. The molecule has 3 atom stereocenters. The fourth-order valence-corrected chi connectivity index (χ4v) is 3.44. The van der Waals surface area contributed by atoms with Crippen LogP contribution in [0.5, 0.6) is 0 Å². The summed E-state index contributed by atoms with van der Waals surface area (Å²) >= 11 is 0. The molecule has 0 unspecified atom stereocenters. The number of aliphatic hydroxyl groups is 1. The number of benzene rings is 1. The fourth-order valence-electron chi connectivity index (χ4n) is 3.11. The van der Waals surface area contributed by atoms with Crippen molar-refractivity contribution in [1.82, 2.24) is 14.9 Å². The number of carbonyl (C=O) groups excluding carboxylic acids is 1. The first kappa shape index (κ1) is 24.6. The van der Waals surface area contributed by atoms with Gasteiger partial charge in [0, 0.05) is 12.6 Å². The molecule has 0 spiro atoms. The van der Waals surface area contributed by atoms with Crippen molar-refractivity contribution in [3.63, 3.8) is 0 Å². The number of aliphatic hydroxyl groups excluding tert-OH is 1. The smallest absolute Gasteiger partial charge is 0.330 e. The minimum atomic E-state index is -5.26. The van der Waals surface area contributed by atoms with E-state index in [0.29, 0.717) is 0 Å². The molecule has 1 aliphatic heterocycles. The zero-order chi connectivity index (χ0) is 24.0. The second-order valence-electron chi connectivity index (χ2n) is 7.13. The van der Waals surface area contributed by atoms with Gasteiger partial charge in [-0.2, -0.15) is 0 Å². The SMILES string of the molecule is O=C(Cc1ccccc1)NCC#Cc1cn([C@H]2C[C@H](O)[C@@H](COP(=O)([O-])[O-])O2)c(=O)[nH]c1=O. The number of aromatic amines is 1. The second kappa shape index (κ2) is 10.7. The van der Waals surface area contributed by atoms with E-state index in [0.717, 1.165) is 16.3 Å². The lowest BCUT2D eigenvalue weighted by Gasteiger charge is -2.30. The molecule has 33 heavy (non-hydrogen) atoms. The molecule has 1 aliphatic rings. The van der Waals surface area contributed by atoms with Gasteiger partial charge in [0.15, 0.2) is 0 Å². The van der Waals surface area contributed by atoms with Crippen LogP contribution in [0, 0.1) is 11.8 Å². The van der Waals surface area contributed by atoms with Crippen molar-refractivity contribution in [2.24, 2.45) is 0 Å². The van der Waals surface area contributed by atoms with Crippen molar-refractivity contribution < 1.29 is 33.5 Å². The lowest BCUT2D eigenvalue weighted by Crippen LogP contribution is -2.34. The van der Waals surface area contributed by atoms with Gasteiger partial charge in [-0.25, -0.2) is 4.79 Å². The molecule has 0 saturated carbocycles. The summed E-state index contributed by atoms with van der Waals surface area (Å²) in [4.78, 5) is 59.5. The Balaban J connectivity index is 1.64. The molecule has 1 saturated heterocycles. The van der Waals surface area contributed by atoms with E-state index in [1.165, 1.54) is 0 Å². The molecule has 3 N–H and O–H groups in total. The number of carbonyl (C=O) groups is 1. The highest BCUT2D eigenvalue weighted by Gasteiger charge is 2.36. The maximum absolute atomic E-state index is 12.2. The third-order valence-electron chi connectivity index (χ3n) is 4.68. The highest BCUT2D eigenvalue weighted by Crippen LogP contribution is 2.31. The normalized spacial score (nSPS) is 20.2. The van der Waals surface area contributed by atoms with Crippen molar-refractivity contribution >= 4 is 13.7 Å². The molecular formula is C20H20N3O9P-2. The molecule has 1 aromatic carbocycles. The van der Waals surface area contributed by atoms with Crippen molar-refractivity contribution in [1.29, 1.82) is 0 Å². The molecule has 0 aliphatic carbocycles. The molecule has 176 valence electrons. The molecule has 1 fully saturated rings. The van der Waals surface area contributed by atoms with E-state index in [2.05, 4.69) is 26.7 Å². The van der Waals surface area contributed by atoms with Gasteiger partial charge in [-0.3, -0.25) is 19.1 Å². The maximum Gasteiger partial charge on any atom is 0.330 e. The lowest BCUT2D eigenvalue weighted by molar-refractivity contribution is -0.343. The molecule has 13 heteroatoms. The van der Waals surface area contributed by atoms with E-state index >= 15 is 0 Å². The number of nitrogens with zero attached hydrogens (tertiary/aromatic N) is 1. The first-order chi connectivity index (χ1) is 15.6. The zero-order valence-corrected chi connectivity index (χ0v) is 18.0. The summed E-state index contributed by atoms with van der Waals surface area (Å²) in [6.07, 6.45) is -2.25. The fraction of sp³-hybridized carbons (Fsp3) is 0.350. The van der Waals surface area contributed by atoms with Gasteiger partial charge in [0.25, 0.3) is 5.56 Å². The van der Waals surface area contributed by atoms with Crippen LogP contribution < -0.4 is 26.4 Å². The molecule has 0 radical (unpaired) electrons. The van der Waals surface area contributed by atoms with Crippen LogP contribution >= 0.6 is 7.82 Å². The van der Waals surface area contributed by atoms with Gasteiger partial charge in [-0.15, -0.1) is 0 Å². The maximum atomic E-state index is 12.2. The summed E-state index contributed by atoms with van der Waals surface area (Å²) in [6.45, 7) is -0.748. The van der Waals surface area contributed by atoms with Crippen LogP contribution in [0.25, 0.3) is 0 Å². The third kappa shape index (κ3) is 7.23. The van der Waals surface area contributed by atoms with E-state index in [4.69, 9.17) is 4.74 Å². The predicted octanol–water partition coefficient (Wildman–Crippen LogP) is -2.26. The molecule has 1 amide bonds. The van der Waals surface area contributed by atoms with Gasteiger partial charge in [0.2, 0.25) is 5.91 Å². The number of H-pyrrole nitrogens is 1. The number of hydrogen-bond acceptors (Lipinski definition) is 9. The number of nitrogens with one attached hydrogen (secondary N) is 2. The Bertz CT molecular complexity index is 1210. The average molecular weight is 477 g/mol.